The Morgan fingerprint density at radius 1 is 1.00 bits per heavy atom. The van der Waals surface area contributed by atoms with Crippen LogP contribution in [0.15, 0.2) is 30.3 Å². The first-order chi connectivity index (χ1) is 12.4. The third kappa shape index (κ3) is 2.83. The average Bonchev–Trinajstić information content (AvgIpc) is 2.91. The van der Waals surface area contributed by atoms with Gasteiger partial charge in [0, 0.05) is 17.8 Å². The number of Topliss-reactive ketones (excluding diaryl/α,β-unsaturated/α-hetero) is 1. The van der Waals surface area contributed by atoms with Gasteiger partial charge in [0.2, 0.25) is 0 Å². The van der Waals surface area contributed by atoms with E-state index in [0.29, 0.717) is 12.4 Å². The zero-order chi connectivity index (χ0) is 18.4. The third-order valence-corrected chi connectivity index (χ3v) is 4.98. The van der Waals surface area contributed by atoms with E-state index in [1.807, 2.05) is 26.8 Å². The monoisotopic (exact) mass is 346 g/mol. The molecule has 1 atom stereocenters. The molecule has 0 spiro atoms. The molecule has 2 aromatic heterocycles. The molecular formula is C21H22N4O. The maximum absolute atomic E-state index is 12.9. The third-order valence-electron chi connectivity index (χ3n) is 4.98. The molecule has 3 aromatic rings. The molecule has 0 saturated carbocycles. The summed E-state index contributed by atoms with van der Waals surface area (Å²) in [6, 6.07) is 10.4. The molecule has 0 radical (unpaired) electrons. The summed E-state index contributed by atoms with van der Waals surface area (Å²) in [4.78, 5) is 21.9. The first kappa shape index (κ1) is 16.6. The van der Waals surface area contributed by atoms with Crippen molar-refractivity contribution in [2.24, 2.45) is 0 Å². The highest BCUT2D eigenvalue weighted by molar-refractivity contribution is 6.00. The van der Waals surface area contributed by atoms with Crippen molar-refractivity contribution in [3.63, 3.8) is 0 Å². The molecule has 0 saturated heterocycles. The highest BCUT2D eigenvalue weighted by atomic mass is 16.1. The van der Waals surface area contributed by atoms with Gasteiger partial charge in [0.05, 0.1) is 17.0 Å². The lowest BCUT2D eigenvalue weighted by atomic mass is 9.81. The Morgan fingerprint density at radius 3 is 2.42 bits per heavy atom. The number of hydrogen-bond acceptors (Lipinski definition) is 4. The van der Waals surface area contributed by atoms with Crippen molar-refractivity contribution < 1.29 is 4.79 Å². The van der Waals surface area contributed by atoms with Crippen molar-refractivity contribution in [1.82, 2.24) is 19.7 Å². The molecule has 0 N–H and O–H groups in total. The van der Waals surface area contributed by atoms with E-state index in [4.69, 9.17) is 0 Å². The van der Waals surface area contributed by atoms with Crippen LogP contribution in [0.4, 0.5) is 0 Å². The molecule has 0 unspecified atom stereocenters. The van der Waals surface area contributed by atoms with E-state index in [-0.39, 0.29) is 11.7 Å². The van der Waals surface area contributed by atoms with Crippen molar-refractivity contribution in [2.45, 2.75) is 46.5 Å². The summed E-state index contributed by atoms with van der Waals surface area (Å²) in [6.45, 7) is 7.86. The van der Waals surface area contributed by atoms with Crippen molar-refractivity contribution in [3.05, 3.63) is 69.8 Å². The van der Waals surface area contributed by atoms with Crippen LogP contribution in [0, 0.1) is 27.7 Å². The molecule has 1 aliphatic carbocycles. The fourth-order valence-corrected chi connectivity index (χ4v) is 3.88. The van der Waals surface area contributed by atoms with Crippen LogP contribution in [-0.4, -0.2) is 25.5 Å². The van der Waals surface area contributed by atoms with Gasteiger partial charge in [-0.2, -0.15) is 5.10 Å². The molecule has 0 fully saturated rings. The van der Waals surface area contributed by atoms with E-state index in [1.54, 1.807) is 4.68 Å². The second-order valence-corrected chi connectivity index (χ2v) is 7.21. The normalized spacial score (nSPS) is 16.6. The molecule has 1 aliphatic rings. The number of carbonyl (C=O) groups is 1. The SMILES string of the molecule is Cc1cccc([C@H]2CC(=O)c3c(C)nn(-c4nc(C)cc(C)n4)c3C2)c1. The van der Waals surface area contributed by atoms with Gasteiger partial charge in [-0.1, -0.05) is 29.8 Å². The van der Waals surface area contributed by atoms with Crippen LogP contribution >= 0.6 is 0 Å². The van der Waals surface area contributed by atoms with Crippen LogP contribution in [-0.2, 0) is 6.42 Å². The van der Waals surface area contributed by atoms with E-state index in [1.165, 1.54) is 11.1 Å². The number of carbonyl (C=O) groups excluding carboxylic acids is 1. The number of benzene rings is 1. The first-order valence-electron chi connectivity index (χ1n) is 8.93. The van der Waals surface area contributed by atoms with Gasteiger partial charge in [-0.3, -0.25) is 4.79 Å². The topological polar surface area (TPSA) is 60.7 Å². The first-order valence-corrected chi connectivity index (χ1v) is 8.93. The minimum Gasteiger partial charge on any atom is -0.294 e. The Morgan fingerprint density at radius 2 is 1.73 bits per heavy atom. The Hall–Kier alpha value is -2.82. The number of hydrogen-bond donors (Lipinski definition) is 0. The summed E-state index contributed by atoms with van der Waals surface area (Å²) in [7, 11) is 0. The predicted octanol–water partition coefficient (Wildman–Crippen LogP) is 3.81. The van der Waals surface area contributed by atoms with Gasteiger partial charge >= 0.3 is 0 Å². The van der Waals surface area contributed by atoms with Crippen molar-refractivity contribution in [2.75, 3.05) is 0 Å². The molecule has 4 rings (SSSR count). The molecule has 5 heteroatoms. The van der Waals surface area contributed by atoms with Crippen LogP contribution in [0.3, 0.4) is 0 Å². The smallest absolute Gasteiger partial charge is 0.251 e. The van der Waals surface area contributed by atoms with Crippen LogP contribution in [0.25, 0.3) is 5.95 Å². The van der Waals surface area contributed by atoms with Crippen LogP contribution in [0.5, 0.6) is 0 Å². The Bertz CT molecular complexity index is 999. The van der Waals surface area contributed by atoms with Gasteiger partial charge < -0.3 is 0 Å². The second-order valence-electron chi connectivity index (χ2n) is 7.21. The predicted molar refractivity (Wildman–Crippen MR) is 99.9 cm³/mol. The molecule has 132 valence electrons. The Kier molecular flexibility index (Phi) is 3.94. The Balaban J connectivity index is 1.82. The number of fused-ring (bicyclic) bond motifs is 1. The zero-order valence-corrected chi connectivity index (χ0v) is 15.6. The fourth-order valence-electron chi connectivity index (χ4n) is 3.88. The Labute approximate surface area is 153 Å². The van der Waals surface area contributed by atoms with Crippen LogP contribution in [0.2, 0.25) is 0 Å². The number of aromatic nitrogens is 4. The number of ketones is 1. The highest BCUT2D eigenvalue weighted by Crippen LogP contribution is 2.35. The quantitative estimate of drug-likeness (QED) is 0.708. The maximum Gasteiger partial charge on any atom is 0.251 e. The van der Waals surface area contributed by atoms with Crippen molar-refractivity contribution in [1.29, 1.82) is 0 Å². The van der Waals surface area contributed by atoms with E-state index < -0.39 is 0 Å². The number of aryl methyl sites for hydroxylation is 4. The summed E-state index contributed by atoms with van der Waals surface area (Å²) >= 11 is 0. The largest absolute Gasteiger partial charge is 0.294 e. The molecule has 0 bridgehead atoms. The van der Waals surface area contributed by atoms with Gasteiger partial charge in [0.15, 0.2) is 5.78 Å². The van der Waals surface area contributed by atoms with E-state index in [0.717, 1.165) is 34.8 Å². The van der Waals surface area contributed by atoms with E-state index >= 15 is 0 Å². The van der Waals surface area contributed by atoms with E-state index in [2.05, 4.69) is 46.3 Å². The molecule has 0 amide bonds. The minimum absolute atomic E-state index is 0.158. The lowest BCUT2D eigenvalue weighted by Crippen LogP contribution is -2.21. The molecule has 0 aliphatic heterocycles. The van der Waals surface area contributed by atoms with Gasteiger partial charge in [0.25, 0.3) is 5.95 Å². The average molecular weight is 346 g/mol. The summed E-state index contributed by atoms with van der Waals surface area (Å²) in [5.74, 6) is 0.867. The fraction of sp³-hybridized carbons (Fsp3) is 0.333. The maximum atomic E-state index is 12.9. The molecule has 2 heterocycles. The van der Waals surface area contributed by atoms with Crippen LogP contribution in [0.1, 0.15) is 56.6 Å². The highest BCUT2D eigenvalue weighted by Gasteiger charge is 2.32. The summed E-state index contributed by atoms with van der Waals surface area (Å²) < 4.78 is 1.77. The summed E-state index contributed by atoms with van der Waals surface area (Å²) in [6.07, 6.45) is 1.29. The zero-order valence-electron chi connectivity index (χ0n) is 15.6. The molecule has 1 aromatic carbocycles. The minimum atomic E-state index is 0.158. The van der Waals surface area contributed by atoms with Gasteiger partial charge in [-0.15, -0.1) is 0 Å². The summed E-state index contributed by atoms with van der Waals surface area (Å²) in [5, 5.41) is 4.61. The van der Waals surface area contributed by atoms with Crippen molar-refractivity contribution in [3.8, 4) is 5.95 Å². The number of nitrogens with zero attached hydrogens (tertiary/aromatic N) is 4. The lowest BCUT2D eigenvalue weighted by molar-refractivity contribution is 0.0963. The lowest BCUT2D eigenvalue weighted by Gasteiger charge is -2.23. The summed E-state index contributed by atoms with van der Waals surface area (Å²) in [5.41, 5.74) is 6.64. The molecular weight excluding hydrogens is 324 g/mol. The van der Waals surface area contributed by atoms with Crippen LogP contribution < -0.4 is 0 Å². The number of rotatable bonds is 2. The van der Waals surface area contributed by atoms with Gasteiger partial charge in [-0.25, -0.2) is 14.6 Å². The molecule has 5 nitrogen and oxygen atoms in total. The molecule has 26 heavy (non-hydrogen) atoms. The van der Waals surface area contributed by atoms with Gasteiger partial charge in [0.1, 0.15) is 0 Å². The van der Waals surface area contributed by atoms with Gasteiger partial charge in [-0.05, 0) is 51.7 Å². The van der Waals surface area contributed by atoms with Crippen molar-refractivity contribution >= 4 is 5.78 Å². The standard InChI is InChI=1S/C21H22N4O/c1-12-6-5-7-16(8-12)17-10-18-20(19(26)11-17)15(4)24-25(18)21-22-13(2)9-14(3)23-21/h5-9,17H,10-11H2,1-4H3/t17-/m1/s1. The second kappa shape index (κ2) is 6.16. The van der Waals surface area contributed by atoms with E-state index in [9.17, 15) is 4.79 Å².